The number of aryl methyl sites for hydroxylation is 1. The summed E-state index contributed by atoms with van der Waals surface area (Å²) in [5, 5.41) is 12.0. The van der Waals surface area contributed by atoms with Crippen molar-refractivity contribution in [2.75, 3.05) is 10.6 Å². The average Bonchev–Trinajstić information content (AvgIpc) is 3.58. The van der Waals surface area contributed by atoms with Crippen LogP contribution < -0.4 is 16.4 Å². The number of primary amides is 1. The number of anilines is 2. The maximum Gasteiger partial charge on any atom is 0.254 e. The van der Waals surface area contributed by atoms with E-state index in [4.69, 9.17) is 15.8 Å². The molecule has 1 saturated carbocycles. The van der Waals surface area contributed by atoms with Gasteiger partial charge in [-0.1, -0.05) is 36.4 Å². The van der Waals surface area contributed by atoms with E-state index in [1.54, 1.807) is 16.6 Å². The highest BCUT2D eigenvalue weighted by atomic mass is 16.2. The van der Waals surface area contributed by atoms with E-state index in [9.17, 15) is 9.59 Å². The van der Waals surface area contributed by atoms with Crippen molar-refractivity contribution in [3.8, 4) is 5.95 Å². The van der Waals surface area contributed by atoms with Crippen LogP contribution in [0, 0.1) is 12.8 Å². The molecule has 0 bridgehead atoms. The van der Waals surface area contributed by atoms with E-state index in [1.807, 2.05) is 66.1 Å². The van der Waals surface area contributed by atoms with Gasteiger partial charge in [0.2, 0.25) is 11.8 Å². The first-order chi connectivity index (χ1) is 17.5. The molecule has 0 spiro atoms. The number of amides is 2. The number of carbonyl (C=O) groups is 2. The van der Waals surface area contributed by atoms with Crippen LogP contribution in [0.1, 0.15) is 34.5 Å². The minimum atomic E-state index is -0.491. The van der Waals surface area contributed by atoms with Crippen LogP contribution in [0.5, 0.6) is 0 Å². The minimum Gasteiger partial charge on any atom is -0.366 e. The molecule has 180 valence electrons. The van der Waals surface area contributed by atoms with Crippen LogP contribution in [0.25, 0.3) is 22.4 Å². The Bertz CT molecular complexity index is 1630. The molecule has 3 aromatic heterocycles. The molecule has 36 heavy (non-hydrogen) atoms. The number of fused-ring (bicyclic) bond motifs is 2. The van der Waals surface area contributed by atoms with Gasteiger partial charge in [0.1, 0.15) is 11.3 Å². The van der Waals surface area contributed by atoms with E-state index in [2.05, 4.69) is 10.6 Å². The van der Waals surface area contributed by atoms with Gasteiger partial charge in [0, 0.05) is 29.1 Å². The van der Waals surface area contributed by atoms with Crippen molar-refractivity contribution < 1.29 is 9.59 Å². The molecule has 1 aliphatic carbocycles. The number of aromatic nitrogens is 4. The van der Waals surface area contributed by atoms with Gasteiger partial charge in [-0.05, 0) is 55.7 Å². The van der Waals surface area contributed by atoms with Gasteiger partial charge in [-0.25, -0.2) is 4.52 Å². The van der Waals surface area contributed by atoms with Crippen molar-refractivity contribution >= 4 is 39.9 Å². The van der Waals surface area contributed by atoms with Gasteiger partial charge in [0.25, 0.3) is 5.95 Å². The average molecular weight is 480 g/mol. The number of nitrogens with one attached hydrogen (secondary N) is 2. The van der Waals surface area contributed by atoms with E-state index in [-0.39, 0.29) is 11.8 Å². The highest BCUT2D eigenvalue weighted by Gasteiger charge is 2.30. The molecule has 1 fully saturated rings. The Balaban J connectivity index is 1.50. The Morgan fingerprint density at radius 2 is 1.83 bits per heavy atom. The van der Waals surface area contributed by atoms with Crippen molar-refractivity contribution in [2.45, 2.75) is 26.3 Å². The highest BCUT2D eigenvalue weighted by molar-refractivity contribution is 6.06. The topological polar surface area (TPSA) is 119 Å². The Labute approximate surface area is 206 Å². The normalized spacial score (nSPS) is 13.2. The second-order valence-electron chi connectivity index (χ2n) is 9.10. The van der Waals surface area contributed by atoms with Crippen molar-refractivity contribution in [3.63, 3.8) is 0 Å². The molecule has 3 heterocycles. The van der Waals surface area contributed by atoms with Crippen molar-refractivity contribution in [1.29, 1.82) is 0 Å². The maximum atomic E-state index is 12.5. The second-order valence-corrected chi connectivity index (χ2v) is 9.10. The van der Waals surface area contributed by atoms with Gasteiger partial charge in [0.15, 0.2) is 5.82 Å². The third-order valence-corrected chi connectivity index (χ3v) is 6.50. The number of carbonyl (C=O) groups excluding carboxylic acids is 2. The van der Waals surface area contributed by atoms with Crippen LogP contribution in [0.15, 0.2) is 66.7 Å². The maximum absolute atomic E-state index is 12.5. The van der Waals surface area contributed by atoms with E-state index in [0.717, 1.165) is 40.5 Å². The standard InChI is InChI=1S/C27H25N7O2/c1-16-14-20-19(24(28)35)8-5-9-21(20)33(16)27-31-25(29-15-17-6-3-2-4-7-17)22-12-13-23(34(22)32-27)30-26(36)18-10-11-18/h2-9,12-14,18H,10-11,15H2,1H3,(H2,28,35)(H,30,36)(H,29,31,32). The van der Waals surface area contributed by atoms with Crippen molar-refractivity contribution in [2.24, 2.45) is 11.7 Å². The monoisotopic (exact) mass is 479 g/mol. The predicted octanol–water partition coefficient (Wildman–Crippen LogP) is 4.04. The van der Waals surface area contributed by atoms with E-state index < -0.39 is 5.91 Å². The molecule has 9 nitrogen and oxygen atoms in total. The first-order valence-electron chi connectivity index (χ1n) is 11.9. The molecule has 9 heteroatoms. The van der Waals surface area contributed by atoms with E-state index >= 15 is 0 Å². The van der Waals surface area contributed by atoms with Crippen molar-refractivity contribution in [1.82, 2.24) is 19.2 Å². The lowest BCUT2D eigenvalue weighted by Crippen LogP contribution is -2.17. The number of nitrogens with two attached hydrogens (primary N) is 1. The number of rotatable bonds is 7. The van der Waals surface area contributed by atoms with Gasteiger partial charge in [0.05, 0.1) is 5.52 Å². The molecule has 0 atom stereocenters. The number of benzene rings is 2. The van der Waals surface area contributed by atoms with E-state index in [1.165, 1.54) is 0 Å². The molecular formula is C27H25N7O2. The summed E-state index contributed by atoms with van der Waals surface area (Å²) in [6, 6.07) is 21.1. The van der Waals surface area contributed by atoms with E-state index in [0.29, 0.717) is 29.7 Å². The van der Waals surface area contributed by atoms with Crippen LogP contribution in [0.4, 0.5) is 11.6 Å². The minimum absolute atomic E-state index is 0.00246. The Hall–Kier alpha value is -4.66. The first kappa shape index (κ1) is 21.8. The van der Waals surface area contributed by atoms with Gasteiger partial charge in [-0.3, -0.25) is 14.2 Å². The molecule has 0 saturated heterocycles. The molecule has 6 rings (SSSR count). The largest absolute Gasteiger partial charge is 0.366 e. The SMILES string of the molecule is Cc1cc2c(C(N)=O)cccc2n1-c1nc(NCc2ccccc2)c2ccc(NC(=O)C3CC3)n2n1. The lowest BCUT2D eigenvalue weighted by Gasteiger charge is -2.13. The molecule has 5 aromatic rings. The predicted molar refractivity (Wildman–Crippen MR) is 138 cm³/mol. The summed E-state index contributed by atoms with van der Waals surface area (Å²) in [5.74, 6) is 1.20. The van der Waals surface area contributed by atoms with Crippen LogP contribution >= 0.6 is 0 Å². The number of hydrogen-bond donors (Lipinski definition) is 3. The summed E-state index contributed by atoms with van der Waals surface area (Å²) in [6.45, 7) is 2.50. The zero-order chi connectivity index (χ0) is 24.8. The molecule has 0 radical (unpaired) electrons. The Kier molecular flexibility index (Phi) is 5.18. The third kappa shape index (κ3) is 3.84. The fraction of sp³-hybridized carbons (Fsp3) is 0.185. The van der Waals surface area contributed by atoms with Crippen LogP contribution in [-0.2, 0) is 11.3 Å². The Morgan fingerprint density at radius 3 is 2.58 bits per heavy atom. The summed E-state index contributed by atoms with van der Waals surface area (Å²) in [7, 11) is 0. The smallest absolute Gasteiger partial charge is 0.254 e. The summed E-state index contributed by atoms with van der Waals surface area (Å²) >= 11 is 0. The molecule has 2 aromatic carbocycles. The zero-order valence-electron chi connectivity index (χ0n) is 19.7. The van der Waals surface area contributed by atoms with Crippen LogP contribution in [0.3, 0.4) is 0 Å². The molecule has 4 N–H and O–H groups in total. The quantitative estimate of drug-likeness (QED) is 0.325. The van der Waals surface area contributed by atoms with Gasteiger partial charge < -0.3 is 16.4 Å². The van der Waals surface area contributed by atoms with Gasteiger partial charge >= 0.3 is 0 Å². The molecule has 0 aliphatic heterocycles. The van der Waals surface area contributed by atoms with Gasteiger partial charge in [-0.2, -0.15) is 4.98 Å². The number of nitrogens with zero attached hydrogens (tertiary/aromatic N) is 4. The molecule has 1 aliphatic rings. The van der Waals surface area contributed by atoms with Crippen molar-refractivity contribution in [3.05, 3.63) is 83.6 Å². The second kappa shape index (κ2) is 8.53. The molecular weight excluding hydrogens is 454 g/mol. The number of hydrogen-bond acceptors (Lipinski definition) is 5. The fourth-order valence-corrected chi connectivity index (χ4v) is 4.50. The van der Waals surface area contributed by atoms with Gasteiger partial charge in [-0.15, -0.1) is 5.10 Å². The molecule has 0 unspecified atom stereocenters. The fourth-order valence-electron chi connectivity index (χ4n) is 4.50. The zero-order valence-corrected chi connectivity index (χ0v) is 19.7. The van der Waals surface area contributed by atoms with Crippen LogP contribution in [0.2, 0.25) is 0 Å². The highest BCUT2D eigenvalue weighted by Crippen LogP contribution is 2.31. The lowest BCUT2D eigenvalue weighted by molar-refractivity contribution is -0.117. The summed E-state index contributed by atoms with van der Waals surface area (Å²) in [5.41, 5.74) is 9.53. The first-order valence-corrected chi connectivity index (χ1v) is 11.9. The lowest BCUT2D eigenvalue weighted by atomic mass is 10.1. The molecule has 2 amide bonds. The summed E-state index contributed by atoms with van der Waals surface area (Å²) in [6.07, 6.45) is 1.83. The summed E-state index contributed by atoms with van der Waals surface area (Å²) < 4.78 is 3.60. The Morgan fingerprint density at radius 1 is 1.03 bits per heavy atom. The third-order valence-electron chi connectivity index (χ3n) is 6.50. The summed E-state index contributed by atoms with van der Waals surface area (Å²) in [4.78, 5) is 29.4. The van der Waals surface area contributed by atoms with Crippen LogP contribution in [-0.4, -0.2) is 31.0 Å².